The number of benzene rings is 2. The first-order valence-corrected chi connectivity index (χ1v) is 12.7. The summed E-state index contributed by atoms with van der Waals surface area (Å²) in [5.41, 5.74) is 1.52. The molecule has 2 aromatic carbocycles. The predicted molar refractivity (Wildman–Crippen MR) is 146 cm³/mol. The maximum atomic E-state index is 13.9. The SMILES string of the molecule is O=C(O)CC(O)CC(O)C=Cn1c(C2(O)CC2)nc(-c2ccnc(Nc3ccccc3)n2)c1-c1ccc(F)cc1. The number of halogens is 1. The zero-order valence-electron chi connectivity index (χ0n) is 21.4. The van der Waals surface area contributed by atoms with E-state index in [2.05, 4.69) is 15.3 Å². The van der Waals surface area contributed by atoms with Crippen LogP contribution in [0.2, 0.25) is 0 Å². The molecule has 1 fully saturated rings. The second kappa shape index (κ2) is 11.3. The van der Waals surface area contributed by atoms with E-state index in [9.17, 15) is 24.5 Å². The smallest absolute Gasteiger partial charge is 0.305 e. The molecule has 2 atom stereocenters. The molecule has 206 valence electrons. The molecule has 0 saturated heterocycles. The van der Waals surface area contributed by atoms with Gasteiger partial charge in [0.25, 0.3) is 0 Å². The molecule has 1 aliphatic carbocycles. The average molecular weight is 546 g/mol. The molecule has 0 radical (unpaired) electrons. The summed E-state index contributed by atoms with van der Waals surface area (Å²) in [5.74, 6) is -0.959. The van der Waals surface area contributed by atoms with Crippen LogP contribution in [0.3, 0.4) is 0 Å². The standard InChI is InChI=1S/C29H28FN5O5/c30-19-8-6-18(7-9-19)26-25(23-10-14-31-28(33-23)32-20-4-2-1-3-5-20)34-27(29(40)12-13-29)35(26)15-11-21(36)16-22(37)17-24(38)39/h1-11,14-15,21-22,36-37,40H,12-13,16-17H2,(H,38,39)(H,31,32,33). The van der Waals surface area contributed by atoms with Crippen molar-refractivity contribution < 1.29 is 29.6 Å². The van der Waals surface area contributed by atoms with E-state index in [4.69, 9.17) is 10.1 Å². The number of carbonyl (C=O) groups is 1. The van der Waals surface area contributed by atoms with Gasteiger partial charge in [-0.25, -0.2) is 19.3 Å². The number of carboxylic acid groups (broad SMARTS) is 1. The molecule has 11 heteroatoms. The van der Waals surface area contributed by atoms with Gasteiger partial charge in [0.05, 0.1) is 30.0 Å². The molecule has 5 rings (SSSR count). The number of rotatable bonds is 11. The molecule has 2 heterocycles. The Bertz CT molecular complexity index is 1520. The maximum absolute atomic E-state index is 13.9. The van der Waals surface area contributed by atoms with E-state index < -0.39 is 36.0 Å². The lowest BCUT2D eigenvalue weighted by molar-refractivity contribution is -0.139. The lowest BCUT2D eigenvalue weighted by atomic mass is 10.1. The van der Waals surface area contributed by atoms with Crippen molar-refractivity contribution in [3.63, 3.8) is 0 Å². The quantitative estimate of drug-likeness (QED) is 0.189. The Kier molecular flexibility index (Phi) is 7.69. The number of anilines is 2. The zero-order valence-corrected chi connectivity index (χ0v) is 21.4. The Labute approximate surface area is 229 Å². The van der Waals surface area contributed by atoms with Crippen molar-refractivity contribution in [3.8, 4) is 22.6 Å². The highest BCUT2D eigenvalue weighted by Gasteiger charge is 2.47. The molecule has 0 aliphatic heterocycles. The predicted octanol–water partition coefficient (Wildman–Crippen LogP) is 3.93. The minimum Gasteiger partial charge on any atom is -0.481 e. The van der Waals surface area contributed by atoms with E-state index in [0.29, 0.717) is 47.3 Å². The highest BCUT2D eigenvalue weighted by Crippen LogP contribution is 2.47. The number of aliphatic hydroxyl groups excluding tert-OH is 2. The van der Waals surface area contributed by atoms with Crippen LogP contribution in [0.25, 0.3) is 28.8 Å². The molecule has 4 aromatic rings. The molecule has 0 amide bonds. The first-order valence-electron chi connectivity index (χ1n) is 12.7. The van der Waals surface area contributed by atoms with Crippen LogP contribution in [0, 0.1) is 5.82 Å². The number of aliphatic hydroxyl groups is 3. The van der Waals surface area contributed by atoms with Gasteiger partial charge in [-0.15, -0.1) is 0 Å². The summed E-state index contributed by atoms with van der Waals surface area (Å²) in [7, 11) is 0. The summed E-state index contributed by atoms with van der Waals surface area (Å²) >= 11 is 0. The summed E-state index contributed by atoms with van der Waals surface area (Å²) in [5, 5.41) is 43.6. The van der Waals surface area contributed by atoms with E-state index >= 15 is 0 Å². The molecular formula is C29H28FN5O5. The van der Waals surface area contributed by atoms with Gasteiger partial charge in [0.1, 0.15) is 22.9 Å². The molecule has 40 heavy (non-hydrogen) atoms. The van der Waals surface area contributed by atoms with Crippen molar-refractivity contribution in [1.82, 2.24) is 19.5 Å². The first kappa shape index (κ1) is 27.1. The summed E-state index contributed by atoms with van der Waals surface area (Å²) in [6.07, 6.45) is 2.32. The molecule has 0 bridgehead atoms. The van der Waals surface area contributed by atoms with Crippen LogP contribution < -0.4 is 5.32 Å². The fraction of sp³-hybridized carbons (Fsp3) is 0.241. The minimum atomic E-state index is -1.24. The molecule has 10 nitrogen and oxygen atoms in total. The number of nitrogens with zero attached hydrogens (tertiary/aromatic N) is 4. The van der Waals surface area contributed by atoms with Crippen LogP contribution in [0.4, 0.5) is 16.0 Å². The van der Waals surface area contributed by atoms with Gasteiger partial charge in [-0.05, 0) is 61.4 Å². The summed E-state index contributed by atoms with van der Waals surface area (Å²) in [6, 6.07) is 16.9. The normalized spacial score (nSPS) is 15.6. The Morgan fingerprint density at radius 3 is 2.48 bits per heavy atom. The van der Waals surface area contributed by atoms with E-state index in [1.165, 1.54) is 24.4 Å². The molecule has 5 N–H and O–H groups in total. The summed E-state index contributed by atoms with van der Waals surface area (Å²) in [6.45, 7) is 0. The monoisotopic (exact) mass is 545 g/mol. The minimum absolute atomic E-state index is 0.198. The first-order chi connectivity index (χ1) is 19.2. The lowest BCUT2D eigenvalue weighted by Gasteiger charge is -2.14. The Balaban J connectivity index is 1.59. The molecule has 1 saturated carbocycles. The third kappa shape index (κ3) is 6.23. The summed E-state index contributed by atoms with van der Waals surface area (Å²) < 4.78 is 15.5. The number of hydrogen-bond acceptors (Lipinski definition) is 8. The van der Waals surface area contributed by atoms with Crippen molar-refractivity contribution >= 4 is 23.8 Å². The zero-order chi connectivity index (χ0) is 28.3. The van der Waals surface area contributed by atoms with Gasteiger partial charge in [-0.1, -0.05) is 18.2 Å². The fourth-order valence-electron chi connectivity index (χ4n) is 4.34. The van der Waals surface area contributed by atoms with E-state index in [1.807, 2.05) is 30.3 Å². The number of hydrogen-bond donors (Lipinski definition) is 5. The van der Waals surface area contributed by atoms with Crippen LogP contribution in [0.15, 0.2) is 72.9 Å². The van der Waals surface area contributed by atoms with E-state index in [0.717, 1.165) is 5.69 Å². The van der Waals surface area contributed by atoms with Gasteiger partial charge in [0.2, 0.25) is 5.95 Å². The third-order valence-corrected chi connectivity index (χ3v) is 6.48. The van der Waals surface area contributed by atoms with Crippen LogP contribution >= 0.6 is 0 Å². The van der Waals surface area contributed by atoms with Crippen molar-refractivity contribution in [2.45, 2.75) is 43.5 Å². The molecular weight excluding hydrogens is 517 g/mol. The molecule has 2 unspecified atom stereocenters. The van der Waals surface area contributed by atoms with Crippen LogP contribution in [0.5, 0.6) is 0 Å². The van der Waals surface area contributed by atoms with Crippen molar-refractivity contribution in [2.24, 2.45) is 0 Å². The number of para-hydroxylation sites is 1. The van der Waals surface area contributed by atoms with Crippen LogP contribution in [-0.2, 0) is 10.4 Å². The number of carboxylic acids is 1. The van der Waals surface area contributed by atoms with Gasteiger partial charge < -0.3 is 30.3 Å². The fourth-order valence-corrected chi connectivity index (χ4v) is 4.34. The highest BCUT2D eigenvalue weighted by atomic mass is 19.1. The summed E-state index contributed by atoms with van der Waals surface area (Å²) in [4.78, 5) is 24.6. The largest absolute Gasteiger partial charge is 0.481 e. The van der Waals surface area contributed by atoms with Crippen molar-refractivity contribution in [3.05, 3.63) is 84.6 Å². The van der Waals surface area contributed by atoms with Gasteiger partial charge in [-0.3, -0.25) is 4.79 Å². The molecule has 1 aliphatic rings. The maximum Gasteiger partial charge on any atom is 0.305 e. The van der Waals surface area contributed by atoms with Gasteiger partial charge >= 0.3 is 5.97 Å². The number of aromatic nitrogens is 4. The Hall–Kier alpha value is -4.45. The highest BCUT2D eigenvalue weighted by molar-refractivity contribution is 5.80. The molecule has 0 spiro atoms. The second-order valence-corrected chi connectivity index (χ2v) is 9.69. The van der Waals surface area contributed by atoms with Crippen molar-refractivity contribution in [1.29, 1.82) is 0 Å². The Morgan fingerprint density at radius 2 is 1.80 bits per heavy atom. The van der Waals surface area contributed by atoms with Gasteiger partial charge in [0, 0.05) is 30.1 Å². The third-order valence-electron chi connectivity index (χ3n) is 6.48. The van der Waals surface area contributed by atoms with Crippen molar-refractivity contribution in [2.75, 3.05) is 5.32 Å². The lowest BCUT2D eigenvalue weighted by Crippen LogP contribution is -2.19. The topological polar surface area (TPSA) is 154 Å². The molecule has 2 aromatic heterocycles. The number of aliphatic carboxylic acids is 1. The van der Waals surface area contributed by atoms with Gasteiger partial charge in [0.15, 0.2) is 0 Å². The Morgan fingerprint density at radius 1 is 1.07 bits per heavy atom. The second-order valence-electron chi connectivity index (χ2n) is 9.69. The number of imidazole rings is 1. The average Bonchev–Trinajstić information content (AvgIpc) is 3.55. The van der Waals surface area contributed by atoms with Crippen LogP contribution in [0.1, 0.15) is 31.5 Å². The van der Waals surface area contributed by atoms with Crippen LogP contribution in [-0.4, -0.2) is 58.1 Å². The number of nitrogens with one attached hydrogen (secondary N) is 1. The van der Waals surface area contributed by atoms with E-state index in [1.54, 1.807) is 29.0 Å². The van der Waals surface area contributed by atoms with Gasteiger partial charge in [-0.2, -0.15) is 0 Å². The van der Waals surface area contributed by atoms with E-state index in [-0.39, 0.29) is 6.42 Å².